The van der Waals surface area contributed by atoms with Gasteiger partial charge in [0.2, 0.25) is 5.91 Å². The number of hydrogen-bond acceptors (Lipinski definition) is 11. The zero-order valence-corrected chi connectivity index (χ0v) is 33.0. The minimum Gasteiger partial charge on any atom is -0.393 e. The predicted molar refractivity (Wildman–Crippen MR) is 196 cm³/mol. The monoisotopic (exact) mass is 762 g/mol. The fraction of sp³-hybridized carbons (Fsp3) is 0.930. The summed E-state index contributed by atoms with van der Waals surface area (Å²) in [6.07, 6.45) is 10.6. The van der Waals surface area contributed by atoms with E-state index in [1.165, 1.54) is 12.8 Å². The second kappa shape index (κ2) is 11.5. The van der Waals surface area contributed by atoms with E-state index < -0.39 is 11.8 Å². The summed E-state index contributed by atoms with van der Waals surface area (Å²) in [5, 5.41) is 3.85. The quantitative estimate of drug-likeness (QED) is 0.246. The van der Waals surface area contributed by atoms with Gasteiger partial charge < -0.3 is 40.1 Å². The number of ether oxygens (including phenoxy) is 5. The van der Waals surface area contributed by atoms with Gasteiger partial charge in [0.1, 0.15) is 0 Å². The van der Waals surface area contributed by atoms with E-state index in [0.29, 0.717) is 36.5 Å². The Labute approximate surface area is 324 Å². The maximum absolute atomic E-state index is 14.1. The van der Waals surface area contributed by atoms with Crippen LogP contribution in [0.3, 0.4) is 0 Å². The average Bonchev–Trinajstić information content (AvgIpc) is 3.83. The van der Waals surface area contributed by atoms with Gasteiger partial charge in [0.05, 0.1) is 72.9 Å². The number of carbonyl (C=O) groups excluding carboxylic acids is 3. The summed E-state index contributed by atoms with van der Waals surface area (Å²) >= 11 is 0. The number of hydrogen-bond donors (Lipinski definition) is 3. The van der Waals surface area contributed by atoms with E-state index in [4.69, 9.17) is 35.2 Å². The van der Waals surface area contributed by atoms with Crippen molar-refractivity contribution in [2.24, 2.45) is 75.1 Å². The summed E-state index contributed by atoms with van der Waals surface area (Å²) in [7, 11) is 0. The fourth-order valence-corrected chi connectivity index (χ4v) is 16.9. The van der Waals surface area contributed by atoms with Crippen LogP contribution in [-0.2, 0) is 38.1 Å². The highest BCUT2D eigenvalue weighted by Gasteiger charge is 2.71. The van der Waals surface area contributed by atoms with Crippen LogP contribution < -0.4 is 16.8 Å². The number of carbonyl (C=O) groups is 3. The molecule has 1 amide bonds. The van der Waals surface area contributed by atoms with Crippen LogP contribution in [0.5, 0.6) is 0 Å². The number of nitrogens with one attached hydrogen (secondary N) is 1. The molecule has 0 aromatic carbocycles. The van der Waals surface area contributed by atoms with E-state index in [2.05, 4.69) is 37.9 Å². The van der Waals surface area contributed by atoms with Crippen molar-refractivity contribution in [2.75, 3.05) is 0 Å². The van der Waals surface area contributed by atoms with Crippen molar-refractivity contribution in [1.29, 1.82) is 0 Å². The van der Waals surface area contributed by atoms with Crippen molar-refractivity contribution < 1.29 is 38.1 Å². The van der Waals surface area contributed by atoms with Gasteiger partial charge in [-0.2, -0.15) is 0 Å². The highest BCUT2D eigenvalue weighted by Crippen LogP contribution is 2.75. The van der Waals surface area contributed by atoms with Crippen molar-refractivity contribution in [3.05, 3.63) is 0 Å². The Morgan fingerprint density at radius 1 is 0.564 bits per heavy atom. The van der Waals surface area contributed by atoms with Gasteiger partial charge in [-0.05, 0) is 117 Å². The number of rotatable bonds is 0. The molecule has 0 radical (unpaired) electrons. The first kappa shape index (κ1) is 35.3. The first-order chi connectivity index (χ1) is 26.2. The summed E-state index contributed by atoms with van der Waals surface area (Å²) in [4.78, 5) is 41.3. The SMILES string of the molecule is CC1(C)CC2(CC(C)(C)C3CC4OC5CC6C(CC5OC4CC32)C(=O)N2C3CC(N)C(N)CC3NC62)C2CC3OC4CC5C(=O)OC(=O)C5CC4OC3CC21. The van der Waals surface area contributed by atoms with Crippen LogP contribution in [0.4, 0.5) is 0 Å². The first-order valence-electron chi connectivity index (χ1n) is 22.2. The lowest BCUT2D eigenvalue weighted by atomic mass is 9.59. The number of nitrogens with zero attached hydrogens (tertiary/aromatic N) is 1. The lowest BCUT2D eigenvalue weighted by molar-refractivity contribution is -0.267. The second-order valence-corrected chi connectivity index (χ2v) is 22.3. The molecule has 5 aliphatic heterocycles. The standard InChI is InChI=1S/C43H62N4O8/c1-41(2)15-43(16-42(3,4)22-10-34-36(12-24(22)43)54-32-8-20-19(7-31(32)53-34)39(49)55-40(20)50)23-11-35-33(9-21(23)41)51-29-5-17-18(6-30(29)52-35)38(48)47-28-14-26(45)25(44)13-27(28)46-37(17)47/h17-37,46H,5-16,44-45H2,1-4H3. The number of cyclic esters (lactones) is 2. The van der Waals surface area contributed by atoms with Crippen molar-refractivity contribution in [1.82, 2.24) is 10.2 Å². The Balaban J connectivity index is 0.782. The van der Waals surface area contributed by atoms with E-state index >= 15 is 0 Å². The molecule has 22 unspecified atom stereocenters. The molecule has 55 heavy (non-hydrogen) atoms. The number of amides is 1. The highest BCUT2D eigenvalue weighted by atomic mass is 16.6. The second-order valence-electron chi connectivity index (χ2n) is 22.3. The Morgan fingerprint density at radius 2 is 1.00 bits per heavy atom. The minimum absolute atomic E-state index is 0.00619. The third kappa shape index (κ3) is 4.79. The molecule has 12 nitrogen and oxygen atoms in total. The summed E-state index contributed by atoms with van der Waals surface area (Å²) < 4.78 is 33.3. The van der Waals surface area contributed by atoms with Gasteiger partial charge in [-0.15, -0.1) is 0 Å². The predicted octanol–water partition coefficient (Wildman–Crippen LogP) is 3.02. The Bertz CT molecular complexity index is 1690. The molecule has 7 saturated carbocycles. The lowest BCUT2D eigenvalue weighted by Gasteiger charge is -2.55. The zero-order chi connectivity index (χ0) is 37.7. The Kier molecular flexibility index (Phi) is 7.40. The van der Waals surface area contributed by atoms with E-state index in [1.54, 1.807) is 0 Å². The molecule has 0 aromatic heterocycles. The van der Waals surface area contributed by atoms with Gasteiger partial charge in [0, 0.05) is 30.0 Å². The maximum Gasteiger partial charge on any atom is 0.317 e. The van der Waals surface area contributed by atoms with Crippen LogP contribution in [0.15, 0.2) is 0 Å². The number of nitrogens with two attached hydrogens (primary N) is 2. The largest absolute Gasteiger partial charge is 0.393 e. The first-order valence-corrected chi connectivity index (χ1v) is 22.2. The van der Waals surface area contributed by atoms with Gasteiger partial charge in [0.25, 0.3) is 0 Å². The van der Waals surface area contributed by atoms with Gasteiger partial charge in [-0.1, -0.05) is 27.7 Å². The van der Waals surface area contributed by atoms with E-state index in [1.807, 2.05) is 0 Å². The number of esters is 2. The molecule has 0 bridgehead atoms. The van der Waals surface area contributed by atoms with Gasteiger partial charge in [-0.25, -0.2) is 0 Å². The molecule has 7 aliphatic carbocycles. The van der Waals surface area contributed by atoms with Crippen LogP contribution in [0.1, 0.15) is 105 Å². The third-order valence-corrected chi connectivity index (χ3v) is 18.9. The summed E-state index contributed by atoms with van der Waals surface area (Å²) in [6, 6.07) is 0.270. The van der Waals surface area contributed by atoms with Crippen LogP contribution in [0.25, 0.3) is 0 Å². The highest BCUT2D eigenvalue weighted by molar-refractivity contribution is 5.96. The van der Waals surface area contributed by atoms with Crippen LogP contribution in [-0.4, -0.2) is 102 Å². The van der Waals surface area contributed by atoms with Crippen molar-refractivity contribution >= 4 is 17.8 Å². The zero-order valence-electron chi connectivity index (χ0n) is 33.0. The van der Waals surface area contributed by atoms with Gasteiger partial charge in [0.15, 0.2) is 0 Å². The molecule has 1 spiro atoms. The number of fused-ring (bicyclic) bond motifs is 14. The van der Waals surface area contributed by atoms with Crippen molar-refractivity contribution in [3.63, 3.8) is 0 Å². The van der Waals surface area contributed by atoms with Crippen molar-refractivity contribution in [2.45, 2.75) is 184 Å². The molecular weight excluding hydrogens is 700 g/mol. The molecule has 302 valence electrons. The third-order valence-electron chi connectivity index (χ3n) is 18.9. The van der Waals surface area contributed by atoms with Crippen LogP contribution in [0.2, 0.25) is 0 Å². The van der Waals surface area contributed by atoms with Crippen LogP contribution >= 0.6 is 0 Å². The topological polar surface area (TPSA) is 165 Å². The van der Waals surface area contributed by atoms with E-state index in [0.717, 1.165) is 51.4 Å². The van der Waals surface area contributed by atoms with Gasteiger partial charge in [-0.3, -0.25) is 19.7 Å². The molecule has 12 heteroatoms. The molecule has 12 rings (SSSR count). The van der Waals surface area contributed by atoms with Gasteiger partial charge >= 0.3 is 11.9 Å². The Hall–Kier alpha value is -1.67. The molecule has 5 saturated heterocycles. The minimum atomic E-state index is -0.399. The molecule has 12 fully saturated rings. The summed E-state index contributed by atoms with van der Waals surface area (Å²) in [6.45, 7) is 10.1. The fourth-order valence-electron chi connectivity index (χ4n) is 16.9. The van der Waals surface area contributed by atoms with E-state index in [9.17, 15) is 14.4 Å². The summed E-state index contributed by atoms with van der Waals surface area (Å²) in [5.41, 5.74) is 13.3. The maximum atomic E-state index is 14.1. The average molecular weight is 763 g/mol. The van der Waals surface area contributed by atoms with E-state index in [-0.39, 0.29) is 125 Å². The molecule has 12 aliphatic rings. The molecular formula is C43H62N4O8. The van der Waals surface area contributed by atoms with Crippen LogP contribution in [0, 0.1) is 63.6 Å². The molecule has 0 aromatic rings. The normalized spacial score (nSPS) is 59.0. The molecule has 5 heterocycles. The van der Waals surface area contributed by atoms with Crippen molar-refractivity contribution in [3.8, 4) is 0 Å². The molecule has 22 atom stereocenters. The smallest absolute Gasteiger partial charge is 0.317 e. The lowest BCUT2D eigenvalue weighted by Crippen LogP contribution is -2.59. The molecule has 5 N–H and O–H groups in total. The Morgan fingerprint density at radius 3 is 1.53 bits per heavy atom. The summed E-state index contributed by atoms with van der Waals surface area (Å²) in [5.74, 6) is 1.08.